The van der Waals surface area contributed by atoms with E-state index < -0.39 is 29.4 Å². The molecule has 0 aromatic heterocycles. The van der Waals surface area contributed by atoms with E-state index in [9.17, 15) is 22.4 Å². The third-order valence-electron chi connectivity index (χ3n) is 2.84. The molecule has 1 unspecified atom stereocenters. The SMILES string of the molecule is CC(C)(C)NCC(C(=O)O)c1ccc(C(F)(F)F)c(F)c1. The molecule has 2 N–H and O–H groups in total. The lowest BCUT2D eigenvalue weighted by molar-refractivity contribution is -0.140. The number of aliphatic carboxylic acids is 1. The molecule has 1 atom stereocenters. The fourth-order valence-electron chi connectivity index (χ4n) is 1.73. The third kappa shape index (κ3) is 5.00. The molecule has 0 aliphatic heterocycles. The molecule has 0 saturated heterocycles. The molecule has 7 heteroatoms. The van der Waals surface area contributed by atoms with Gasteiger partial charge in [-0.2, -0.15) is 13.2 Å². The Labute approximate surface area is 120 Å². The van der Waals surface area contributed by atoms with Gasteiger partial charge in [0.25, 0.3) is 0 Å². The Morgan fingerprint density at radius 2 is 1.86 bits per heavy atom. The third-order valence-corrected chi connectivity index (χ3v) is 2.84. The van der Waals surface area contributed by atoms with Crippen molar-refractivity contribution in [3.8, 4) is 0 Å². The second-order valence-corrected chi connectivity index (χ2v) is 5.76. The molecule has 0 aliphatic carbocycles. The van der Waals surface area contributed by atoms with Gasteiger partial charge in [-0.15, -0.1) is 0 Å². The zero-order chi connectivity index (χ0) is 16.4. The first-order valence-corrected chi connectivity index (χ1v) is 6.26. The summed E-state index contributed by atoms with van der Waals surface area (Å²) in [5.74, 6) is -3.83. The molecular formula is C14H17F4NO2. The lowest BCUT2D eigenvalue weighted by Crippen LogP contribution is -2.40. The van der Waals surface area contributed by atoms with Gasteiger partial charge < -0.3 is 10.4 Å². The van der Waals surface area contributed by atoms with Crippen molar-refractivity contribution in [3.05, 3.63) is 35.1 Å². The van der Waals surface area contributed by atoms with Crippen LogP contribution in [0.2, 0.25) is 0 Å². The molecule has 1 aromatic rings. The number of hydrogen-bond donors (Lipinski definition) is 2. The monoisotopic (exact) mass is 307 g/mol. The van der Waals surface area contributed by atoms with Crippen LogP contribution in [0.25, 0.3) is 0 Å². The average Bonchev–Trinajstić information content (AvgIpc) is 2.25. The Morgan fingerprint density at radius 3 is 2.24 bits per heavy atom. The first-order valence-electron chi connectivity index (χ1n) is 6.26. The van der Waals surface area contributed by atoms with Gasteiger partial charge in [-0.05, 0) is 38.5 Å². The van der Waals surface area contributed by atoms with Gasteiger partial charge in [0.1, 0.15) is 5.82 Å². The van der Waals surface area contributed by atoms with E-state index in [2.05, 4.69) is 5.32 Å². The van der Waals surface area contributed by atoms with E-state index in [0.29, 0.717) is 12.1 Å². The Morgan fingerprint density at radius 1 is 1.29 bits per heavy atom. The van der Waals surface area contributed by atoms with Crippen LogP contribution in [0.4, 0.5) is 17.6 Å². The Balaban J connectivity index is 3.05. The highest BCUT2D eigenvalue weighted by molar-refractivity contribution is 5.76. The van der Waals surface area contributed by atoms with Crippen molar-refractivity contribution in [3.63, 3.8) is 0 Å². The largest absolute Gasteiger partial charge is 0.481 e. The molecule has 0 spiro atoms. The quantitative estimate of drug-likeness (QED) is 0.838. The van der Waals surface area contributed by atoms with Crippen molar-refractivity contribution >= 4 is 5.97 Å². The molecule has 0 bridgehead atoms. The topological polar surface area (TPSA) is 49.3 Å². The molecule has 0 saturated carbocycles. The van der Waals surface area contributed by atoms with Gasteiger partial charge >= 0.3 is 12.1 Å². The Hall–Kier alpha value is -1.63. The maximum atomic E-state index is 13.5. The van der Waals surface area contributed by atoms with Crippen molar-refractivity contribution in [2.45, 2.75) is 38.4 Å². The maximum Gasteiger partial charge on any atom is 0.419 e. The predicted molar refractivity (Wildman–Crippen MR) is 69.5 cm³/mol. The predicted octanol–water partition coefficient (Wildman–Crippen LogP) is 3.40. The van der Waals surface area contributed by atoms with Crippen molar-refractivity contribution < 1.29 is 27.5 Å². The number of benzene rings is 1. The number of carboxylic acid groups (broad SMARTS) is 1. The van der Waals surface area contributed by atoms with E-state index in [4.69, 9.17) is 5.11 Å². The standard InChI is InChI=1S/C14H17F4NO2/c1-13(2,3)19-7-9(12(20)21)8-4-5-10(11(15)6-8)14(16,17)18/h4-6,9,19H,7H2,1-3H3,(H,20,21). The summed E-state index contributed by atoms with van der Waals surface area (Å²) in [4.78, 5) is 11.2. The van der Waals surface area contributed by atoms with Crippen molar-refractivity contribution in [2.75, 3.05) is 6.54 Å². The molecule has 1 aromatic carbocycles. The van der Waals surface area contributed by atoms with Crippen LogP contribution >= 0.6 is 0 Å². The number of rotatable bonds is 4. The first-order chi connectivity index (χ1) is 9.42. The summed E-state index contributed by atoms with van der Waals surface area (Å²) in [5.41, 5.74) is -1.78. The van der Waals surface area contributed by atoms with Crippen LogP contribution in [0, 0.1) is 5.82 Å². The van der Waals surface area contributed by atoms with Crippen LogP contribution in [-0.2, 0) is 11.0 Å². The zero-order valence-corrected chi connectivity index (χ0v) is 11.9. The minimum Gasteiger partial charge on any atom is -0.481 e. The van der Waals surface area contributed by atoms with E-state index >= 15 is 0 Å². The number of nitrogens with one attached hydrogen (secondary N) is 1. The van der Waals surface area contributed by atoms with E-state index in [1.54, 1.807) is 0 Å². The van der Waals surface area contributed by atoms with Crippen LogP contribution in [0.3, 0.4) is 0 Å². The van der Waals surface area contributed by atoms with Gasteiger partial charge in [0.15, 0.2) is 0 Å². The molecule has 0 fully saturated rings. The fraction of sp³-hybridized carbons (Fsp3) is 0.500. The van der Waals surface area contributed by atoms with Crippen LogP contribution in [0.15, 0.2) is 18.2 Å². The van der Waals surface area contributed by atoms with Crippen LogP contribution in [0.5, 0.6) is 0 Å². The molecule has 0 amide bonds. The normalized spacial score (nSPS) is 14.0. The number of hydrogen-bond acceptors (Lipinski definition) is 2. The molecule has 3 nitrogen and oxygen atoms in total. The number of alkyl halides is 3. The second-order valence-electron chi connectivity index (χ2n) is 5.76. The highest BCUT2D eigenvalue weighted by Gasteiger charge is 2.34. The summed E-state index contributed by atoms with van der Waals surface area (Å²) in [6.45, 7) is 5.45. The van der Waals surface area contributed by atoms with Crippen LogP contribution < -0.4 is 5.32 Å². The summed E-state index contributed by atoms with van der Waals surface area (Å²) in [6.07, 6.45) is -4.80. The maximum absolute atomic E-state index is 13.5. The van der Waals surface area contributed by atoms with E-state index in [-0.39, 0.29) is 17.6 Å². The molecule has 0 heterocycles. The average molecular weight is 307 g/mol. The smallest absolute Gasteiger partial charge is 0.419 e. The highest BCUT2D eigenvalue weighted by Crippen LogP contribution is 2.32. The summed E-state index contributed by atoms with van der Waals surface area (Å²) in [6, 6.07) is 2.19. The second kappa shape index (κ2) is 6.01. The molecular weight excluding hydrogens is 290 g/mol. The molecule has 0 radical (unpaired) electrons. The van der Waals surface area contributed by atoms with Gasteiger partial charge in [0.2, 0.25) is 0 Å². The lowest BCUT2D eigenvalue weighted by Gasteiger charge is -2.24. The van der Waals surface area contributed by atoms with Gasteiger partial charge in [-0.25, -0.2) is 4.39 Å². The minimum absolute atomic E-state index is 0.00949. The van der Waals surface area contributed by atoms with Gasteiger partial charge in [0, 0.05) is 12.1 Å². The van der Waals surface area contributed by atoms with Crippen molar-refractivity contribution in [2.24, 2.45) is 0 Å². The first kappa shape index (κ1) is 17.4. The Kier molecular flexibility index (Phi) is 4.99. The number of halogens is 4. The summed E-state index contributed by atoms with van der Waals surface area (Å²) in [7, 11) is 0. The van der Waals surface area contributed by atoms with Gasteiger partial charge in [0.05, 0.1) is 11.5 Å². The summed E-state index contributed by atoms with van der Waals surface area (Å²) >= 11 is 0. The van der Waals surface area contributed by atoms with Gasteiger partial charge in [-0.1, -0.05) is 6.07 Å². The van der Waals surface area contributed by atoms with E-state index in [0.717, 1.165) is 6.07 Å². The number of carbonyl (C=O) groups is 1. The van der Waals surface area contributed by atoms with E-state index in [1.807, 2.05) is 20.8 Å². The molecule has 1 rings (SSSR count). The summed E-state index contributed by atoms with van der Waals surface area (Å²) in [5, 5.41) is 12.1. The van der Waals surface area contributed by atoms with Gasteiger partial charge in [-0.3, -0.25) is 4.79 Å². The number of carboxylic acids is 1. The van der Waals surface area contributed by atoms with E-state index in [1.165, 1.54) is 0 Å². The highest BCUT2D eigenvalue weighted by atomic mass is 19.4. The minimum atomic E-state index is -4.80. The molecule has 0 aliphatic rings. The fourth-order valence-corrected chi connectivity index (χ4v) is 1.73. The summed E-state index contributed by atoms with van der Waals surface area (Å²) < 4.78 is 50.9. The lowest BCUT2D eigenvalue weighted by atomic mass is 9.96. The van der Waals surface area contributed by atoms with Crippen molar-refractivity contribution in [1.29, 1.82) is 0 Å². The molecule has 118 valence electrons. The zero-order valence-electron chi connectivity index (χ0n) is 11.9. The molecule has 21 heavy (non-hydrogen) atoms. The van der Waals surface area contributed by atoms with Crippen molar-refractivity contribution in [1.82, 2.24) is 5.32 Å². The Bertz CT molecular complexity index is 521. The van der Waals surface area contributed by atoms with Crippen LogP contribution in [-0.4, -0.2) is 23.2 Å². The van der Waals surface area contributed by atoms with Crippen LogP contribution in [0.1, 0.15) is 37.8 Å².